The molecular formula is C15H24N4S. The van der Waals surface area contributed by atoms with Crippen LogP contribution >= 0.6 is 11.8 Å². The lowest BCUT2D eigenvalue weighted by Crippen LogP contribution is -2.26. The quantitative estimate of drug-likeness (QED) is 0.619. The van der Waals surface area contributed by atoms with Crippen molar-refractivity contribution in [3.8, 4) is 0 Å². The van der Waals surface area contributed by atoms with Gasteiger partial charge in [-0.2, -0.15) is 0 Å². The van der Waals surface area contributed by atoms with Crippen LogP contribution in [0.1, 0.15) is 39.0 Å². The Morgan fingerprint density at radius 1 is 1.25 bits per heavy atom. The summed E-state index contributed by atoms with van der Waals surface area (Å²) in [5, 5.41) is 7.87. The van der Waals surface area contributed by atoms with Crippen LogP contribution in [-0.4, -0.2) is 28.8 Å². The fraction of sp³-hybridized carbons (Fsp3) is 0.733. The standard InChI is InChI=1S/C15H24N4S/c1-3-6-16-13-9-14(19-15(18-13)20-2)17-12-8-10-4-5-11(12)7-10/h9-12H,3-8H2,1-2H3,(H2,16,17,18,19). The van der Waals surface area contributed by atoms with Crippen molar-refractivity contribution in [1.29, 1.82) is 0 Å². The molecule has 3 rings (SSSR count). The van der Waals surface area contributed by atoms with Crippen molar-refractivity contribution in [2.24, 2.45) is 11.8 Å². The summed E-state index contributed by atoms with van der Waals surface area (Å²) in [6, 6.07) is 2.68. The predicted octanol–water partition coefficient (Wildman–Crippen LogP) is 3.62. The third-order valence-electron chi connectivity index (χ3n) is 4.52. The largest absolute Gasteiger partial charge is 0.370 e. The van der Waals surface area contributed by atoms with Gasteiger partial charge in [-0.15, -0.1) is 0 Å². The lowest BCUT2D eigenvalue weighted by atomic mass is 9.95. The van der Waals surface area contributed by atoms with E-state index in [1.807, 2.05) is 6.26 Å². The highest BCUT2D eigenvalue weighted by atomic mass is 32.2. The van der Waals surface area contributed by atoms with Crippen LogP contribution in [0.3, 0.4) is 0 Å². The van der Waals surface area contributed by atoms with Crippen molar-refractivity contribution in [2.45, 2.75) is 50.2 Å². The summed E-state index contributed by atoms with van der Waals surface area (Å²) in [6.07, 6.45) is 8.70. The molecular weight excluding hydrogens is 268 g/mol. The molecule has 110 valence electrons. The van der Waals surface area contributed by atoms with Gasteiger partial charge in [-0.05, 0) is 43.8 Å². The van der Waals surface area contributed by atoms with Gasteiger partial charge in [0.15, 0.2) is 5.16 Å². The van der Waals surface area contributed by atoms with E-state index in [4.69, 9.17) is 0 Å². The van der Waals surface area contributed by atoms with Crippen LogP contribution in [0.15, 0.2) is 11.2 Å². The highest BCUT2D eigenvalue weighted by Crippen LogP contribution is 2.45. The first kappa shape index (κ1) is 14.0. The van der Waals surface area contributed by atoms with Crippen molar-refractivity contribution < 1.29 is 0 Å². The van der Waals surface area contributed by atoms with Crippen LogP contribution in [-0.2, 0) is 0 Å². The Balaban J connectivity index is 1.71. The topological polar surface area (TPSA) is 49.8 Å². The lowest BCUT2D eigenvalue weighted by Gasteiger charge is -2.23. The van der Waals surface area contributed by atoms with Crippen LogP contribution < -0.4 is 10.6 Å². The average molecular weight is 292 g/mol. The van der Waals surface area contributed by atoms with Gasteiger partial charge in [-0.25, -0.2) is 9.97 Å². The van der Waals surface area contributed by atoms with Crippen LogP contribution in [0.5, 0.6) is 0 Å². The molecule has 4 nitrogen and oxygen atoms in total. The fourth-order valence-electron chi connectivity index (χ4n) is 3.55. The summed E-state index contributed by atoms with van der Waals surface area (Å²) in [7, 11) is 0. The average Bonchev–Trinajstić information content (AvgIpc) is 3.07. The normalized spacial score (nSPS) is 27.8. The molecule has 2 saturated carbocycles. The van der Waals surface area contributed by atoms with E-state index in [1.165, 1.54) is 25.7 Å². The van der Waals surface area contributed by atoms with Gasteiger partial charge in [0, 0.05) is 18.7 Å². The molecule has 0 saturated heterocycles. The van der Waals surface area contributed by atoms with Gasteiger partial charge in [0.05, 0.1) is 0 Å². The number of thioether (sulfide) groups is 1. The van der Waals surface area contributed by atoms with Crippen molar-refractivity contribution in [2.75, 3.05) is 23.4 Å². The molecule has 0 aromatic carbocycles. The van der Waals surface area contributed by atoms with Gasteiger partial charge in [0.1, 0.15) is 11.6 Å². The number of hydrogen-bond acceptors (Lipinski definition) is 5. The molecule has 2 fully saturated rings. The molecule has 1 aromatic rings. The molecule has 3 unspecified atom stereocenters. The van der Waals surface area contributed by atoms with E-state index in [1.54, 1.807) is 11.8 Å². The Morgan fingerprint density at radius 3 is 2.75 bits per heavy atom. The third kappa shape index (κ3) is 3.03. The number of aromatic nitrogens is 2. The molecule has 5 heteroatoms. The number of fused-ring (bicyclic) bond motifs is 2. The molecule has 2 aliphatic rings. The smallest absolute Gasteiger partial charge is 0.191 e. The summed E-state index contributed by atoms with van der Waals surface area (Å²) in [4.78, 5) is 9.12. The van der Waals surface area contributed by atoms with Crippen LogP contribution in [0.2, 0.25) is 0 Å². The Bertz CT molecular complexity index is 465. The first-order chi connectivity index (χ1) is 9.78. The highest BCUT2D eigenvalue weighted by molar-refractivity contribution is 7.98. The van der Waals surface area contributed by atoms with Crippen molar-refractivity contribution >= 4 is 23.4 Å². The van der Waals surface area contributed by atoms with E-state index in [2.05, 4.69) is 33.6 Å². The summed E-state index contributed by atoms with van der Waals surface area (Å²) in [6.45, 7) is 3.12. The van der Waals surface area contributed by atoms with Gasteiger partial charge in [-0.1, -0.05) is 25.1 Å². The second-order valence-corrected chi connectivity index (χ2v) is 6.75. The van der Waals surface area contributed by atoms with Crippen LogP contribution in [0.4, 0.5) is 11.6 Å². The summed E-state index contributed by atoms with van der Waals surface area (Å²) >= 11 is 1.60. The number of nitrogens with one attached hydrogen (secondary N) is 2. The zero-order chi connectivity index (χ0) is 13.9. The van der Waals surface area contributed by atoms with Gasteiger partial charge >= 0.3 is 0 Å². The zero-order valence-electron chi connectivity index (χ0n) is 12.4. The molecule has 1 heterocycles. The molecule has 20 heavy (non-hydrogen) atoms. The molecule has 0 aliphatic heterocycles. The molecule has 0 radical (unpaired) electrons. The molecule has 2 bridgehead atoms. The summed E-state index contributed by atoms with van der Waals surface area (Å²) in [5.74, 6) is 3.74. The van der Waals surface area contributed by atoms with E-state index < -0.39 is 0 Å². The Morgan fingerprint density at radius 2 is 2.10 bits per heavy atom. The van der Waals surface area contributed by atoms with E-state index >= 15 is 0 Å². The number of hydrogen-bond donors (Lipinski definition) is 2. The summed E-state index contributed by atoms with van der Waals surface area (Å²) in [5.41, 5.74) is 0. The van der Waals surface area contributed by atoms with E-state index in [9.17, 15) is 0 Å². The maximum absolute atomic E-state index is 4.61. The maximum Gasteiger partial charge on any atom is 0.191 e. The molecule has 0 spiro atoms. The van der Waals surface area contributed by atoms with E-state index in [0.29, 0.717) is 6.04 Å². The maximum atomic E-state index is 4.61. The third-order valence-corrected chi connectivity index (χ3v) is 5.06. The minimum atomic E-state index is 0.623. The molecule has 2 aliphatic carbocycles. The van der Waals surface area contributed by atoms with Crippen molar-refractivity contribution in [1.82, 2.24) is 9.97 Å². The van der Waals surface area contributed by atoms with Crippen LogP contribution in [0.25, 0.3) is 0 Å². The lowest BCUT2D eigenvalue weighted by molar-refractivity contribution is 0.438. The Hall–Kier alpha value is -0.970. The highest BCUT2D eigenvalue weighted by Gasteiger charge is 2.39. The number of rotatable bonds is 6. The minimum Gasteiger partial charge on any atom is -0.370 e. The number of anilines is 2. The zero-order valence-corrected chi connectivity index (χ0v) is 13.2. The first-order valence-corrected chi connectivity index (χ1v) is 8.94. The molecule has 3 atom stereocenters. The number of nitrogens with zero attached hydrogens (tertiary/aromatic N) is 2. The Kier molecular flexibility index (Phi) is 4.34. The van der Waals surface area contributed by atoms with Gasteiger partial charge in [0.2, 0.25) is 0 Å². The fourth-order valence-corrected chi connectivity index (χ4v) is 3.92. The van der Waals surface area contributed by atoms with E-state index in [0.717, 1.165) is 41.6 Å². The van der Waals surface area contributed by atoms with Crippen LogP contribution in [0, 0.1) is 11.8 Å². The predicted molar refractivity (Wildman–Crippen MR) is 85.5 cm³/mol. The Labute approximate surface area is 125 Å². The van der Waals surface area contributed by atoms with Crippen molar-refractivity contribution in [3.63, 3.8) is 0 Å². The second-order valence-electron chi connectivity index (χ2n) is 5.98. The van der Waals surface area contributed by atoms with E-state index in [-0.39, 0.29) is 0 Å². The SMILES string of the molecule is CCCNc1cc(NC2CC3CCC2C3)nc(SC)n1. The summed E-state index contributed by atoms with van der Waals surface area (Å²) < 4.78 is 0. The monoisotopic (exact) mass is 292 g/mol. The minimum absolute atomic E-state index is 0.623. The van der Waals surface area contributed by atoms with Crippen molar-refractivity contribution in [3.05, 3.63) is 6.07 Å². The van der Waals surface area contributed by atoms with Gasteiger partial charge in [0.25, 0.3) is 0 Å². The molecule has 0 amide bonds. The first-order valence-electron chi connectivity index (χ1n) is 7.72. The van der Waals surface area contributed by atoms with Gasteiger partial charge in [-0.3, -0.25) is 0 Å². The van der Waals surface area contributed by atoms with Gasteiger partial charge < -0.3 is 10.6 Å². The molecule has 2 N–H and O–H groups in total. The molecule has 1 aromatic heterocycles. The second kappa shape index (κ2) is 6.20.